The first-order valence-corrected chi connectivity index (χ1v) is 4.62. The van der Waals surface area contributed by atoms with Gasteiger partial charge in [0.1, 0.15) is 0 Å². The number of rotatable bonds is 3. The van der Waals surface area contributed by atoms with Crippen LogP contribution in [-0.2, 0) is 17.7 Å². The summed E-state index contributed by atoms with van der Waals surface area (Å²) in [6.07, 6.45) is 3.04. The number of nitrogens with one attached hydrogen (secondary N) is 1. The molecule has 2 heterocycles. The van der Waals surface area contributed by atoms with Crippen molar-refractivity contribution in [2.75, 3.05) is 26.8 Å². The van der Waals surface area contributed by atoms with E-state index >= 15 is 0 Å². The summed E-state index contributed by atoms with van der Waals surface area (Å²) in [6, 6.07) is 0. The average Bonchev–Trinajstić information content (AvgIpc) is 2.61. The van der Waals surface area contributed by atoms with E-state index in [0.717, 1.165) is 32.7 Å². The molecule has 4 heteroatoms. The third kappa shape index (κ3) is 1.89. The minimum absolute atomic E-state index is 0.809. The van der Waals surface area contributed by atoms with Crippen molar-refractivity contribution in [3.05, 3.63) is 17.5 Å². The minimum Gasteiger partial charge on any atom is -0.383 e. The minimum atomic E-state index is 0.809. The maximum atomic E-state index is 5.05. The number of methoxy groups -OCH3 is 1. The first-order chi connectivity index (χ1) is 6.40. The summed E-state index contributed by atoms with van der Waals surface area (Å²) < 4.78 is 5.05. The van der Waals surface area contributed by atoms with Gasteiger partial charge in [0, 0.05) is 26.7 Å². The van der Waals surface area contributed by atoms with Crippen molar-refractivity contribution in [3.63, 3.8) is 0 Å². The molecule has 1 aliphatic rings. The topological polar surface area (TPSA) is 41.1 Å². The molecule has 1 aliphatic heterocycles. The number of fused-ring (bicyclic) bond motifs is 1. The zero-order chi connectivity index (χ0) is 9.10. The number of hydrogen-bond acceptors (Lipinski definition) is 3. The fourth-order valence-corrected chi connectivity index (χ4v) is 1.68. The van der Waals surface area contributed by atoms with Gasteiger partial charge < -0.3 is 4.74 Å². The maximum absolute atomic E-state index is 5.05. The van der Waals surface area contributed by atoms with Crippen molar-refractivity contribution in [2.24, 2.45) is 0 Å². The van der Waals surface area contributed by atoms with E-state index in [1.165, 1.54) is 11.3 Å². The number of aromatic nitrogens is 2. The zero-order valence-corrected chi connectivity index (χ0v) is 7.92. The lowest BCUT2D eigenvalue weighted by molar-refractivity contribution is 0.140. The lowest BCUT2D eigenvalue weighted by Crippen LogP contribution is -2.32. The highest BCUT2D eigenvalue weighted by molar-refractivity contribution is 5.18. The van der Waals surface area contributed by atoms with Gasteiger partial charge in [-0.25, -0.2) is 0 Å². The SMILES string of the molecule is COCCN1CCc2cn[nH]c2C1. The van der Waals surface area contributed by atoms with Gasteiger partial charge in [0.15, 0.2) is 0 Å². The molecule has 0 bridgehead atoms. The summed E-state index contributed by atoms with van der Waals surface area (Å²) in [7, 11) is 1.74. The highest BCUT2D eigenvalue weighted by Gasteiger charge is 2.16. The Morgan fingerprint density at radius 1 is 1.69 bits per heavy atom. The van der Waals surface area contributed by atoms with Crippen molar-refractivity contribution in [2.45, 2.75) is 13.0 Å². The van der Waals surface area contributed by atoms with E-state index in [2.05, 4.69) is 15.1 Å². The Bertz CT molecular complexity index is 272. The van der Waals surface area contributed by atoms with Crippen LogP contribution in [0, 0.1) is 0 Å². The van der Waals surface area contributed by atoms with Crippen molar-refractivity contribution in [3.8, 4) is 0 Å². The van der Waals surface area contributed by atoms with Crippen molar-refractivity contribution in [1.82, 2.24) is 15.1 Å². The van der Waals surface area contributed by atoms with Crippen molar-refractivity contribution < 1.29 is 4.74 Å². The molecule has 2 rings (SSSR count). The Kier molecular flexibility index (Phi) is 2.61. The normalized spacial score (nSPS) is 17.3. The van der Waals surface area contributed by atoms with Crippen LogP contribution in [0.3, 0.4) is 0 Å². The summed E-state index contributed by atoms with van der Waals surface area (Å²) in [5.41, 5.74) is 2.64. The predicted molar refractivity (Wildman–Crippen MR) is 49.4 cm³/mol. The second-order valence-electron chi connectivity index (χ2n) is 3.39. The molecule has 0 atom stereocenters. The molecule has 72 valence electrons. The Balaban J connectivity index is 1.93. The van der Waals surface area contributed by atoms with Crippen LogP contribution < -0.4 is 0 Å². The van der Waals surface area contributed by atoms with Crippen LogP contribution in [0.2, 0.25) is 0 Å². The maximum Gasteiger partial charge on any atom is 0.0589 e. The van der Waals surface area contributed by atoms with Gasteiger partial charge in [-0.05, 0) is 12.0 Å². The number of aromatic amines is 1. The van der Waals surface area contributed by atoms with E-state index in [9.17, 15) is 0 Å². The van der Waals surface area contributed by atoms with Gasteiger partial charge in [0.05, 0.1) is 18.5 Å². The summed E-state index contributed by atoms with van der Waals surface area (Å²) >= 11 is 0. The monoisotopic (exact) mass is 181 g/mol. The average molecular weight is 181 g/mol. The van der Waals surface area contributed by atoms with E-state index in [1.807, 2.05) is 6.20 Å². The van der Waals surface area contributed by atoms with Crippen LogP contribution >= 0.6 is 0 Å². The molecular weight excluding hydrogens is 166 g/mol. The van der Waals surface area contributed by atoms with Crippen LogP contribution in [-0.4, -0.2) is 41.9 Å². The molecule has 0 amide bonds. The lowest BCUT2D eigenvalue weighted by atomic mass is 10.1. The van der Waals surface area contributed by atoms with Crippen LogP contribution in [0.15, 0.2) is 6.20 Å². The fourth-order valence-electron chi connectivity index (χ4n) is 1.68. The molecule has 1 aromatic rings. The molecule has 1 aromatic heterocycles. The van der Waals surface area contributed by atoms with E-state index in [4.69, 9.17) is 4.74 Å². The van der Waals surface area contributed by atoms with E-state index in [-0.39, 0.29) is 0 Å². The standard InChI is InChI=1S/C9H15N3O/c1-13-5-4-12-3-2-8-6-10-11-9(8)7-12/h6H,2-5,7H2,1H3,(H,10,11). The van der Waals surface area contributed by atoms with Crippen molar-refractivity contribution >= 4 is 0 Å². The van der Waals surface area contributed by atoms with Crippen LogP contribution in [0.5, 0.6) is 0 Å². The quantitative estimate of drug-likeness (QED) is 0.734. The predicted octanol–water partition coefficient (Wildman–Crippen LogP) is 0.414. The molecule has 0 aromatic carbocycles. The Hall–Kier alpha value is -0.870. The van der Waals surface area contributed by atoms with Crippen molar-refractivity contribution in [1.29, 1.82) is 0 Å². The molecule has 13 heavy (non-hydrogen) atoms. The van der Waals surface area contributed by atoms with Gasteiger partial charge in [-0.15, -0.1) is 0 Å². The third-order valence-electron chi connectivity index (χ3n) is 2.50. The number of H-pyrrole nitrogens is 1. The van der Waals surface area contributed by atoms with Gasteiger partial charge in [0.2, 0.25) is 0 Å². The molecule has 4 nitrogen and oxygen atoms in total. The Morgan fingerprint density at radius 2 is 2.62 bits per heavy atom. The largest absolute Gasteiger partial charge is 0.383 e. The van der Waals surface area contributed by atoms with Crippen LogP contribution in [0.25, 0.3) is 0 Å². The molecular formula is C9H15N3O. The zero-order valence-electron chi connectivity index (χ0n) is 7.92. The Morgan fingerprint density at radius 3 is 3.46 bits per heavy atom. The van der Waals surface area contributed by atoms with Gasteiger partial charge in [-0.2, -0.15) is 5.10 Å². The molecule has 0 saturated heterocycles. The second-order valence-corrected chi connectivity index (χ2v) is 3.39. The summed E-state index contributed by atoms with van der Waals surface area (Å²) in [5.74, 6) is 0. The van der Waals surface area contributed by atoms with Crippen LogP contribution in [0.4, 0.5) is 0 Å². The van der Waals surface area contributed by atoms with Gasteiger partial charge in [-0.3, -0.25) is 10.00 Å². The number of nitrogens with zero attached hydrogens (tertiary/aromatic N) is 2. The lowest BCUT2D eigenvalue weighted by Gasteiger charge is -2.25. The molecule has 0 fully saturated rings. The number of hydrogen-bond donors (Lipinski definition) is 1. The molecule has 0 aliphatic carbocycles. The number of ether oxygens (including phenoxy) is 1. The van der Waals surface area contributed by atoms with Gasteiger partial charge in [-0.1, -0.05) is 0 Å². The first kappa shape index (κ1) is 8.72. The summed E-state index contributed by atoms with van der Waals surface area (Å²) in [5, 5.41) is 7.07. The van der Waals surface area contributed by atoms with E-state index in [1.54, 1.807) is 7.11 Å². The molecule has 0 unspecified atom stereocenters. The molecule has 1 N–H and O–H groups in total. The summed E-state index contributed by atoms with van der Waals surface area (Å²) in [4.78, 5) is 2.38. The van der Waals surface area contributed by atoms with Gasteiger partial charge >= 0.3 is 0 Å². The van der Waals surface area contributed by atoms with E-state index in [0.29, 0.717) is 0 Å². The smallest absolute Gasteiger partial charge is 0.0589 e. The molecule has 0 radical (unpaired) electrons. The molecule has 0 saturated carbocycles. The van der Waals surface area contributed by atoms with Gasteiger partial charge in [0.25, 0.3) is 0 Å². The summed E-state index contributed by atoms with van der Waals surface area (Å²) in [6.45, 7) is 3.92. The van der Waals surface area contributed by atoms with E-state index < -0.39 is 0 Å². The van der Waals surface area contributed by atoms with Crippen LogP contribution in [0.1, 0.15) is 11.3 Å². The molecule has 0 spiro atoms. The third-order valence-corrected chi connectivity index (χ3v) is 2.50. The first-order valence-electron chi connectivity index (χ1n) is 4.62. The fraction of sp³-hybridized carbons (Fsp3) is 0.667. The highest BCUT2D eigenvalue weighted by atomic mass is 16.5. The second kappa shape index (κ2) is 3.89. The highest BCUT2D eigenvalue weighted by Crippen LogP contribution is 2.14. The Labute approximate surface area is 77.9 Å².